The second-order valence-electron chi connectivity index (χ2n) is 7.62. The van der Waals surface area contributed by atoms with Gasteiger partial charge >= 0.3 is 5.69 Å². The van der Waals surface area contributed by atoms with E-state index in [1.54, 1.807) is 42.6 Å². The van der Waals surface area contributed by atoms with Gasteiger partial charge in [-0.3, -0.25) is 0 Å². The molecule has 0 spiro atoms. The highest BCUT2D eigenvalue weighted by Gasteiger charge is 2.40. The Morgan fingerprint density at radius 3 is 2.09 bits per heavy atom. The normalized spacial score (nSPS) is 20.1. The summed E-state index contributed by atoms with van der Waals surface area (Å²) in [6.45, 7) is 0. The number of fused-ring (bicyclic) bond motifs is 1. The summed E-state index contributed by atoms with van der Waals surface area (Å²) in [4.78, 5) is 13.1. The fourth-order valence-corrected chi connectivity index (χ4v) is 5.96. The molecular formula is C21H16Cl2N4O4S. The number of nitrogens with zero attached hydrogens (tertiary/aromatic N) is 4. The Kier molecular flexibility index (Phi) is 5.09. The first kappa shape index (κ1) is 21.1. The molecule has 0 aliphatic carbocycles. The van der Waals surface area contributed by atoms with Gasteiger partial charge in [-0.15, -0.1) is 5.10 Å². The van der Waals surface area contributed by atoms with E-state index in [1.165, 1.54) is 0 Å². The predicted molar refractivity (Wildman–Crippen MR) is 122 cm³/mol. The molecule has 11 heteroatoms. The van der Waals surface area contributed by atoms with Crippen molar-refractivity contribution < 1.29 is 13.5 Å². The van der Waals surface area contributed by atoms with Gasteiger partial charge < -0.3 is 5.11 Å². The van der Waals surface area contributed by atoms with E-state index in [0.717, 1.165) is 20.3 Å². The van der Waals surface area contributed by atoms with E-state index in [9.17, 15) is 18.3 Å². The largest absolute Gasteiger partial charge is 0.390 e. The number of aromatic nitrogens is 4. The molecule has 1 aliphatic rings. The number of aliphatic hydroxyl groups excluding tert-OH is 1. The highest BCUT2D eigenvalue weighted by Crippen LogP contribution is 2.35. The van der Waals surface area contributed by atoms with Gasteiger partial charge in [-0.1, -0.05) is 47.5 Å². The smallest absolute Gasteiger partial charge is 0.367 e. The molecule has 0 saturated carbocycles. The van der Waals surface area contributed by atoms with E-state index in [2.05, 4.69) is 10.2 Å². The Morgan fingerprint density at radius 2 is 1.53 bits per heavy atom. The second-order valence-corrected chi connectivity index (χ2v) is 10.6. The number of rotatable bonds is 3. The minimum atomic E-state index is -3.48. The van der Waals surface area contributed by atoms with E-state index < -0.39 is 33.4 Å². The molecule has 164 valence electrons. The third-order valence-corrected chi connectivity index (χ3v) is 7.67. The molecule has 3 heterocycles. The van der Waals surface area contributed by atoms with Crippen LogP contribution < -0.4 is 5.69 Å². The van der Waals surface area contributed by atoms with Gasteiger partial charge in [0.25, 0.3) is 0 Å². The number of hydrogen-bond acceptors (Lipinski definition) is 6. The summed E-state index contributed by atoms with van der Waals surface area (Å²) < 4.78 is 26.1. The number of aliphatic hydroxyl groups is 1. The molecule has 1 aliphatic heterocycles. The van der Waals surface area contributed by atoms with Crippen LogP contribution in [0.3, 0.4) is 0 Å². The summed E-state index contributed by atoms with van der Waals surface area (Å²) in [5.41, 5.74) is 2.47. The van der Waals surface area contributed by atoms with Crippen molar-refractivity contribution in [1.82, 2.24) is 19.4 Å². The first-order valence-corrected chi connectivity index (χ1v) is 12.2. The van der Waals surface area contributed by atoms with E-state index in [1.807, 2.05) is 12.1 Å². The van der Waals surface area contributed by atoms with Gasteiger partial charge in [-0.2, -0.15) is 9.61 Å². The van der Waals surface area contributed by atoms with Gasteiger partial charge in [0.1, 0.15) is 0 Å². The van der Waals surface area contributed by atoms with Crippen molar-refractivity contribution >= 4 is 38.7 Å². The van der Waals surface area contributed by atoms with Gasteiger partial charge in [-0.05, 0) is 35.4 Å². The van der Waals surface area contributed by atoms with Gasteiger partial charge in [0.2, 0.25) is 0 Å². The summed E-state index contributed by atoms with van der Waals surface area (Å²) in [6, 6.07) is 13.2. The first-order valence-electron chi connectivity index (χ1n) is 9.64. The monoisotopic (exact) mass is 490 g/mol. The SMILES string of the molecule is O=c1n([C@H]2CS(=O)(=O)CC2O)nc2c(-c3ccc(Cl)cc3)c(-c3ccc(Cl)cc3)cnn12. The van der Waals surface area contributed by atoms with Crippen molar-refractivity contribution in [1.29, 1.82) is 0 Å². The van der Waals surface area contributed by atoms with Crippen molar-refractivity contribution in [2.45, 2.75) is 12.1 Å². The van der Waals surface area contributed by atoms with Crippen LogP contribution in [0.2, 0.25) is 10.0 Å². The van der Waals surface area contributed by atoms with Crippen LogP contribution in [-0.2, 0) is 9.84 Å². The molecule has 2 atom stereocenters. The highest BCUT2D eigenvalue weighted by atomic mass is 35.5. The fraction of sp³-hybridized carbons (Fsp3) is 0.190. The third-order valence-electron chi connectivity index (χ3n) is 5.47. The summed E-state index contributed by atoms with van der Waals surface area (Å²) in [5, 5.41) is 20.1. The minimum Gasteiger partial charge on any atom is -0.390 e. The molecule has 8 nitrogen and oxygen atoms in total. The minimum absolute atomic E-state index is 0.237. The molecule has 1 saturated heterocycles. The Hall–Kier alpha value is -2.72. The van der Waals surface area contributed by atoms with E-state index >= 15 is 0 Å². The quantitative estimate of drug-likeness (QED) is 0.473. The zero-order valence-electron chi connectivity index (χ0n) is 16.4. The highest BCUT2D eigenvalue weighted by molar-refractivity contribution is 7.91. The maximum atomic E-state index is 13.1. The summed E-state index contributed by atoms with van der Waals surface area (Å²) >= 11 is 12.1. The lowest BCUT2D eigenvalue weighted by Gasteiger charge is -2.11. The standard InChI is InChI=1S/C21H16Cl2N4O4S/c22-14-5-1-12(2-6-14)16-9-24-27-20(19(16)13-3-7-15(23)8-4-13)25-26(21(27)29)17-10-32(30,31)11-18(17)28/h1-9,17-18,28H,10-11H2/t17-,18?/m0/s1. The summed E-state index contributed by atoms with van der Waals surface area (Å²) in [7, 11) is -3.48. The molecule has 5 rings (SSSR count). The number of benzene rings is 2. The average Bonchev–Trinajstić information content (AvgIpc) is 3.23. The maximum Gasteiger partial charge on any atom is 0.367 e. The lowest BCUT2D eigenvalue weighted by Crippen LogP contribution is -2.32. The zero-order chi connectivity index (χ0) is 22.6. The van der Waals surface area contributed by atoms with Gasteiger partial charge in [0, 0.05) is 21.2 Å². The molecule has 2 aromatic carbocycles. The van der Waals surface area contributed by atoms with Gasteiger partial charge in [-0.25, -0.2) is 17.9 Å². The van der Waals surface area contributed by atoms with Gasteiger partial charge in [0.15, 0.2) is 15.5 Å². The average molecular weight is 491 g/mol. The van der Waals surface area contributed by atoms with Crippen LogP contribution in [0.4, 0.5) is 0 Å². The lowest BCUT2D eigenvalue weighted by atomic mass is 9.97. The molecule has 0 radical (unpaired) electrons. The van der Waals surface area contributed by atoms with Crippen LogP contribution in [-0.4, -0.2) is 50.5 Å². The Morgan fingerprint density at radius 1 is 0.938 bits per heavy atom. The van der Waals surface area contributed by atoms with Crippen molar-refractivity contribution in [3.8, 4) is 22.3 Å². The summed E-state index contributed by atoms with van der Waals surface area (Å²) in [6.07, 6.45) is 0.326. The van der Waals surface area contributed by atoms with E-state index in [0.29, 0.717) is 21.2 Å². The van der Waals surface area contributed by atoms with Crippen LogP contribution in [0.1, 0.15) is 6.04 Å². The first-order chi connectivity index (χ1) is 15.2. The number of sulfone groups is 1. The second kappa shape index (κ2) is 7.70. The summed E-state index contributed by atoms with van der Waals surface area (Å²) in [5.74, 6) is -0.774. The molecule has 4 aromatic rings. The fourth-order valence-electron chi connectivity index (χ4n) is 3.94. The molecule has 1 N–H and O–H groups in total. The number of hydrogen-bond donors (Lipinski definition) is 1. The molecular weight excluding hydrogens is 475 g/mol. The van der Waals surface area contributed by atoms with E-state index in [-0.39, 0.29) is 11.4 Å². The molecule has 0 bridgehead atoms. The molecule has 1 fully saturated rings. The van der Waals surface area contributed by atoms with Crippen LogP contribution in [0.15, 0.2) is 59.5 Å². The van der Waals surface area contributed by atoms with Crippen LogP contribution in [0, 0.1) is 0 Å². The Labute approximate surface area is 192 Å². The maximum absolute atomic E-state index is 13.1. The van der Waals surface area contributed by atoms with Crippen LogP contribution in [0.25, 0.3) is 27.9 Å². The molecule has 1 unspecified atom stereocenters. The van der Waals surface area contributed by atoms with Crippen molar-refractivity contribution in [2.24, 2.45) is 0 Å². The van der Waals surface area contributed by atoms with Gasteiger partial charge in [0.05, 0.1) is 29.8 Å². The predicted octanol–water partition coefficient (Wildman–Crippen LogP) is 2.86. The lowest BCUT2D eigenvalue weighted by molar-refractivity contribution is 0.144. The zero-order valence-corrected chi connectivity index (χ0v) is 18.7. The molecule has 32 heavy (non-hydrogen) atoms. The number of halogens is 2. The van der Waals surface area contributed by atoms with Crippen LogP contribution in [0.5, 0.6) is 0 Å². The van der Waals surface area contributed by atoms with Crippen LogP contribution >= 0.6 is 23.2 Å². The van der Waals surface area contributed by atoms with Crippen molar-refractivity contribution in [2.75, 3.05) is 11.5 Å². The van der Waals surface area contributed by atoms with Crippen molar-refractivity contribution in [3.63, 3.8) is 0 Å². The Balaban J connectivity index is 1.79. The molecule has 0 amide bonds. The third kappa shape index (κ3) is 3.61. The Bertz CT molecular complexity index is 1500. The topological polar surface area (TPSA) is 107 Å². The van der Waals surface area contributed by atoms with Crippen molar-refractivity contribution in [3.05, 3.63) is 75.3 Å². The molecule has 2 aromatic heterocycles. The van der Waals surface area contributed by atoms with E-state index in [4.69, 9.17) is 23.2 Å².